The normalized spacial score (nSPS) is 19.8. The van der Waals surface area contributed by atoms with Crippen molar-refractivity contribution >= 4 is 11.9 Å². The van der Waals surface area contributed by atoms with Crippen LogP contribution in [0.4, 0.5) is 20.7 Å². The molecule has 1 aliphatic heterocycles. The predicted octanol–water partition coefficient (Wildman–Crippen LogP) is 0.737. The third kappa shape index (κ3) is 3.95. The molecule has 1 aliphatic rings. The molecule has 1 fully saturated rings. The Balaban J connectivity index is 1.99. The number of anilines is 2. The van der Waals surface area contributed by atoms with Crippen LogP contribution in [-0.2, 0) is 0 Å². The molecule has 6 nitrogen and oxygen atoms in total. The highest BCUT2D eigenvalue weighted by atomic mass is 19.3. The number of hydrogen-bond donors (Lipinski definition) is 2. The number of rotatable bonds is 5. The van der Waals surface area contributed by atoms with E-state index in [4.69, 9.17) is 0 Å². The molecular formula is C11H18F2N6. The molecule has 1 atom stereocenters. The fourth-order valence-corrected chi connectivity index (χ4v) is 1.94. The Morgan fingerprint density at radius 2 is 2.26 bits per heavy atom. The van der Waals surface area contributed by atoms with Crippen molar-refractivity contribution in [1.29, 1.82) is 0 Å². The summed E-state index contributed by atoms with van der Waals surface area (Å²) in [5.74, 6) is -2.09. The van der Waals surface area contributed by atoms with Crippen LogP contribution in [0, 0.1) is 0 Å². The SMILES string of the molecule is CN[C@@H]1CCN(c2ncnc(NCC(C)(F)F)n2)C1. The van der Waals surface area contributed by atoms with Gasteiger partial charge in [0.15, 0.2) is 0 Å². The number of halogens is 2. The Morgan fingerprint density at radius 1 is 1.47 bits per heavy atom. The average molecular weight is 272 g/mol. The van der Waals surface area contributed by atoms with E-state index in [1.54, 1.807) is 0 Å². The van der Waals surface area contributed by atoms with Crippen LogP contribution in [0.25, 0.3) is 0 Å². The summed E-state index contributed by atoms with van der Waals surface area (Å²) in [4.78, 5) is 14.1. The van der Waals surface area contributed by atoms with Crippen LogP contribution in [0.1, 0.15) is 13.3 Å². The van der Waals surface area contributed by atoms with E-state index in [1.165, 1.54) is 6.33 Å². The largest absolute Gasteiger partial charge is 0.348 e. The minimum Gasteiger partial charge on any atom is -0.348 e. The number of nitrogens with one attached hydrogen (secondary N) is 2. The van der Waals surface area contributed by atoms with Crippen molar-refractivity contribution in [3.05, 3.63) is 6.33 Å². The van der Waals surface area contributed by atoms with Gasteiger partial charge in [0.1, 0.15) is 6.33 Å². The van der Waals surface area contributed by atoms with E-state index in [2.05, 4.69) is 25.6 Å². The minimum atomic E-state index is -2.79. The number of nitrogens with zero attached hydrogens (tertiary/aromatic N) is 4. The van der Waals surface area contributed by atoms with Crippen molar-refractivity contribution in [2.45, 2.75) is 25.3 Å². The van der Waals surface area contributed by atoms with E-state index < -0.39 is 12.5 Å². The highest BCUT2D eigenvalue weighted by Crippen LogP contribution is 2.17. The maximum atomic E-state index is 12.8. The van der Waals surface area contributed by atoms with Gasteiger partial charge in [0.25, 0.3) is 5.92 Å². The molecule has 0 unspecified atom stereocenters. The Labute approximate surface area is 110 Å². The maximum absolute atomic E-state index is 12.8. The predicted molar refractivity (Wildman–Crippen MR) is 68.6 cm³/mol. The highest BCUT2D eigenvalue weighted by Gasteiger charge is 2.24. The summed E-state index contributed by atoms with van der Waals surface area (Å²) in [6.45, 7) is 2.01. The van der Waals surface area contributed by atoms with Gasteiger partial charge in [-0.05, 0) is 13.5 Å². The van der Waals surface area contributed by atoms with Crippen LogP contribution in [0.3, 0.4) is 0 Å². The first-order valence-electron chi connectivity index (χ1n) is 6.21. The second kappa shape index (κ2) is 5.60. The fourth-order valence-electron chi connectivity index (χ4n) is 1.94. The molecule has 1 saturated heterocycles. The van der Waals surface area contributed by atoms with Gasteiger partial charge in [-0.15, -0.1) is 0 Å². The van der Waals surface area contributed by atoms with Crippen molar-refractivity contribution in [2.75, 3.05) is 36.9 Å². The van der Waals surface area contributed by atoms with Crippen LogP contribution >= 0.6 is 0 Å². The third-order valence-corrected chi connectivity index (χ3v) is 3.00. The van der Waals surface area contributed by atoms with Crippen molar-refractivity contribution in [1.82, 2.24) is 20.3 Å². The summed E-state index contributed by atoms with van der Waals surface area (Å²) in [6.07, 6.45) is 2.35. The van der Waals surface area contributed by atoms with E-state index in [0.29, 0.717) is 12.0 Å². The summed E-state index contributed by atoms with van der Waals surface area (Å²) in [5, 5.41) is 5.71. The van der Waals surface area contributed by atoms with Crippen LogP contribution in [0.15, 0.2) is 6.33 Å². The monoisotopic (exact) mass is 272 g/mol. The van der Waals surface area contributed by atoms with Crippen LogP contribution in [0.5, 0.6) is 0 Å². The molecule has 0 aromatic carbocycles. The number of likely N-dealkylation sites (N-methyl/N-ethyl adjacent to an activating group) is 1. The Kier molecular flexibility index (Phi) is 4.08. The Hall–Kier alpha value is -1.57. The van der Waals surface area contributed by atoms with Crippen molar-refractivity contribution in [3.63, 3.8) is 0 Å². The molecule has 1 aromatic rings. The lowest BCUT2D eigenvalue weighted by molar-refractivity contribution is 0.0366. The average Bonchev–Trinajstić information content (AvgIpc) is 2.85. The Bertz CT molecular complexity index is 422. The van der Waals surface area contributed by atoms with E-state index in [-0.39, 0.29) is 5.95 Å². The van der Waals surface area contributed by atoms with Crippen molar-refractivity contribution < 1.29 is 8.78 Å². The summed E-state index contributed by atoms with van der Waals surface area (Å²) in [5.41, 5.74) is 0. The molecule has 19 heavy (non-hydrogen) atoms. The molecule has 8 heteroatoms. The molecule has 106 valence electrons. The maximum Gasteiger partial charge on any atom is 0.262 e. The summed E-state index contributed by atoms with van der Waals surface area (Å²) < 4.78 is 25.5. The number of alkyl halides is 2. The zero-order valence-corrected chi connectivity index (χ0v) is 11.0. The summed E-state index contributed by atoms with van der Waals surface area (Å²) >= 11 is 0. The molecule has 1 aromatic heterocycles. The van der Waals surface area contributed by atoms with E-state index in [0.717, 1.165) is 26.4 Å². The lowest BCUT2D eigenvalue weighted by Gasteiger charge is -2.17. The van der Waals surface area contributed by atoms with Gasteiger partial charge in [-0.1, -0.05) is 0 Å². The number of hydrogen-bond acceptors (Lipinski definition) is 6. The van der Waals surface area contributed by atoms with E-state index >= 15 is 0 Å². The molecule has 0 radical (unpaired) electrons. The van der Waals surface area contributed by atoms with Gasteiger partial charge in [-0.3, -0.25) is 0 Å². The number of aromatic nitrogens is 3. The lowest BCUT2D eigenvalue weighted by Crippen LogP contribution is -2.30. The second-order valence-electron chi connectivity index (χ2n) is 4.75. The quantitative estimate of drug-likeness (QED) is 0.824. The van der Waals surface area contributed by atoms with Crippen molar-refractivity contribution in [3.8, 4) is 0 Å². The first-order chi connectivity index (χ1) is 8.98. The van der Waals surface area contributed by atoms with Gasteiger partial charge in [-0.25, -0.2) is 18.7 Å². The zero-order chi connectivity index (χ0) is 13.9. The molecular weight excluding hydrogens is 254 g/mol. The van der Waals surface area contributed by atoms with Gasteiger partial charge < -0.3 is 15.5 Å². The highest BCUT2D eigenvalue weighted by molar-refractivity contribution is 5.37. The van der Waals surface area contributed by atoms with Crippen LogP contribution in [-0.4, -0.2) is 53.6 Å². The van der Waals surface area contributed by atoms with Gasteiger partial charge >= 0.3 is 0 Å². The summed E-state index contributed by atoms with van der Waals surface area (Å²) in [7, 11) is 1.91. The standard InChI is InChI=1S/C11H18F2N6/c1-11(12,13)6-15-9-16-7-17-10(18-9)19-4-3-8(5-19)14-2/h7-8,14H,3-6H2,1-2H3,(H,15,16,17,18)/t8-/m1/s1. The molecule has 0 amide bonds. The second-order valence-corrected chi connectivity index (χ2v) is 4.75. The molecule has 2 heterocycles. The molecule has 0 saturated carbocycles. The fraction of sp³-hybridized carbons (Fsp3) is 0.727. The van der Waals surface area contributed by atoms with Crippen LogP contribution < -0.4 is 15.5 Å². The topological polar surface area (TPSA) is 66.0 Å². The van der Waals surface area contributed by atoms with Gasteiger partial charge in [0.05, 0.1) is 6.54 Å². The first-order valence-corrected chi connectivity index (χ1v) is 6.21. The van der Waals surface area contributed by atoms with E-state index in [1.807, 2.05) is 11.9 Å². The van der Waals surface area contributed by atoms with Crippen molar-refractivity contribution in [2.24, 2.45) is 0 Å². The molecule has 0 aliphatic carbocycles. The van der Waals surface area contributed by atoms with Gasteiger partial charge in [0.2, 0.25) is 11.9 Å². The minimum absolute atomic E-state index is 0.180. The summed E-state index contributed by atoms with van der Waals surface area (Å²) in [6, 6.07) is 0.410. The molecule has 0 bridgehead atoms. The van der Waals surface area contributed by atoms with Gasteiger partial charge in [0, 0.05) is 26.1 Å². The lowest BCUT2D eigenvalue weighted by atomic mass is 10.3. The zero-order valence-electron chi connectivity index (χ0n) is 11.0. The Morgan fingerprint density at radius 3 is 2.89 bits per heavy atom. The van der Waals surface area contributed by atoms with Gasteiger partial charge in [-0.2, -0.15) is 4.98 Å². The first kappa shape index (κ1) is 13.9. The molecule has 0 spiro atoms. The van der Waals surface area contributed by atoms with E-state index in [9.17, 15) is 8.78 Å². The molecule has 2 N–H and O–H groups in total. The smallest absolute Gasteiger partial charge is 0.262 e. The van der Waals surface area contributed by atoms with Crippen LogP contribution in [0.2, 0.25) is 0 Å². The third-order valence-electron chi connectivity index (χ3n) is 3.00. The molecule has 2 rings (SSSR count).